The Morgan fingerprint density at radius 3 is 2.87 bits per heavy atom. The van der Waals surface area contributed by atoms with E-state index in [2.05, 4.69) is 15.5 Å². The summed E-state index contributed by atoms with van der Waals surface area (Å²) in [6.45, 7) is -0.0824. The molecular formula is C16H13F2N3O2. The Bertz CT molecular complexity index is 877. The molecule has 0 aliphatic rings. The highest BCUT2D eigenvalue weighted by molar-refractivity contribution is 6.01. The first-order valence-corrected chi connectivity index (χ1v) is 6.81. The van der Waals surface area contributed by atoms with Gasteiger partial charge in [0.05, 0.1) is 5.52 Å². The fraction of sp³-hybridized carbons (Fsp3) is 0.125. The Morgan fingerprint density at radius 2 is 2.09 bits per heavy atom. The van der Waals surface area contributed by atoms with E-state index in [9.17, 15) is 13.6 Å². The minimum Gasteiger partial charge on any atom is -0.375 e. The summed E-state index contributed by atoms with van der Waals surface area (Å²) in [5, 5.41) is 10.0. The molecule has 0 spiro atoms. The van der Waals surface area contributed by atoms with Crippen LogP contribution < -0.4 is 5.32 Å². The van der Waals surface area contributed by atoms with Gasteiger partial charge in [0, 0.05) is 18.1 Å². The number of ether oxygens (including phenoxy) is 1. The topological polar surface area (TPSA) is 67.0 Å². The van der Waals surface area contributed by atoms with Gasteiger partial charge in [0.15, 0.2) is 5.82 Å². The highest BCUT2D eigenvalue weighted by Crippen LogP contribution is 2.29. The molecule has 5 nitrogen and oxygen atoms in total. The van der Waals surface area contributed by atoms with E-state index in [1.165, 1.54) is 7.11 Å². The van der Waals surface area contributed by atoms with Crippen LogP contribution in [0.2, 0.25) is 0 Å². The molecule has 2 aromatic carbocycles. The molecule has 3 aromatic rings. The van der Waals surface area contributed by atoms with E-state index < -0.39 is 11.6 Å². The molecule has 1 amide bonds. The molecule has 23 heavy (non-hydrogen) atoms. The van der Waals surface area contributed by atoms with Crippen LogP contribution >= 0.6 is 0 Å². The number of benzene rings is 2. The maximum Gasteiger partial charge on any atom is 0.251 e. The number of aromatic nitrogens is 2. The van der Waals surface area contributed by atoms with Crippen LogP contribution in [0.15, 0.2) is 36.4 Å². The van der Waals surface area contributed by atoms with Crippen LogP contribution in [0.4, 0.5) is 14.6 Å². The lowest BCUT2D eigenvalue weighted by Crippen LogP contribution is -2.17. The van der Waals surface area contributed by atoms with Crippen molar-refractivity contribution in [1.29, 1.82) is 0 Å². The molecule has 0 unspecified atom stereocenters. The number of hydrogen-bond acceptors (Lipinski definition) is 3. The SMILES string of the molecule is COCC(=O)Nc1n[nH]c2cc(-c3cc(F)ccc3F)ccc12. The Kier molecular flexibility index (Phi) is 4.03. The third-order valence-corrected chi connectivity index (χ3v) is 3.34. The Hall–Kier alpha value is -2.80. The molecule has 0 saturated heterocycles. The van der Waals surface area contributed by atoms with E-state index >= 15 is 0 Å². The predicted molar refractivity (Wildman–Crippen MR) is 82.0 cm³/mol. The lowest BCUT2D eigenvalue weighted by atomic mass is 10.0. The van der Waals surface area contributed by atoms with Crippen LogP contribution in [0, 0.1) is 11.6 Å². The number of rotatable bonds is 4. The maximum absolute atomic E-state index is 13.9. The van der Waals surface area contributed by atoms with Crippen molar-refractivity contribution in [3.63, 3.8) is 0 Å². The monoisotopic (exact) mass is 317 g/mol. The summed E-state index contributed by atoms with van der Waals surface area (Å²) in [6.07, 6.45) is 0. The van der Waals surface area contributed by atoms with E-state index in [0.717, 1.165) is 18.2 Å². The number of nitrogens with zero attached hydrogens (tertiary/aromatic N) is 1. The van der Waals surface area contributed by atoms with Crippen molar-refractivity contribution in [2.75, 3.05) is 19.0 Å². The van der Waals surface area contributed by atoms with Crippen molar-refractivity contribution >= 4 is 22.6 Å². The number of methoxy groups -OCH3 is 1. The maximum atomic E-state index is 13.9. The van der Waals surface area contributed by atoms with Gasteiger partial charge < -0.3 is 10.1 Å². The van der Waals surface area contributed by atoms with Crippen LogP contribution in [0.5, 0.6) is 0 Å². The lowest BCUT2D eigenvalue weighted by Gasteiger charge is -2.05. The number of amides is 1. The largest absolute Gasteiger partial charge is 0.375 e. The second-order valence-corrected chi connectivity index (χ2v) is 4.94. The molecule has 0 aliphatic heterocycles. The summed E-state index contributed by atoms with van der Waals surface area (Å²) in [5.41, 5.74) is 1.26. The quantitative estimate of drug-likeness (QED) is 0.777. The first-order valence-electron chi connectivity index (χ1n) is 6.81. The second kappa shape index (κ2) is 6.13. The average molecular weight is 317 g/mol. The number of nitrogens with one attached hydrogen (secondary N) is 2. The van der Waals surface area contributed by atoms with Crippen molar-refractivity contribution in [2.45, 2.75) is 0 Å². The van der Waals surface area contributed by atoms with Gasteiger partial charge in [-0.1, -0.05) is 6.07 Å². The molecule has 0 saturated carbocycles. The molecular weight excluding hydrogens is 304 g/mol. The molecule has 0 atom stereocenters. The molecule has 1 aromatic heterocycles. The number of carbonyl (C=O) groups excluding carboxylic acids is 1. The van der Waals surface area contributed by atoms with Crippen molar-refractivity contribution < 1.29 is 18.3 Å². The Balaban J connectivity index is 1.98. The zero-order valence-corrected chi connectivity index (χ0v) is 12.2. The van der Waals surface area contributed by atoms with Crippen molar-refractivity contribution in [3.05, 3.63) is 48.0 Å². The molecule has 118 valence electrons. The number of halogens is 2. The van der Waals surface area contributed by atoms with Crippen LogP contribution in [-0.2, 0) is 9.53 Å². The summed E-state index contributed by atoms with van der Waals surface area (Å²) in [4.78, 5) is 11.5. The van der Waals surface area contributed by atoms with Crippen LogP contribution in [0.25, 0.3) is 22.0 Å². The van der Waals surface area contributed by atoms with Gasteiger partial charge in [-0.05, 0) is 35.9 Å². The Morgan fingerprint density at radius 1 is 1.26 bits per heavy atom. The van der Waals surface area contributed by atoms with Crippen molar-refractivity contribution in [3.8, 4) is 11.1 Å². The molecule has 1 heterocycles. The predicted octanol–water partition coefficient (Wildman–Crippen LogP) is 3.09. The zero-order valence-electron chi connectivity index (χ0n) is 12.2. The molecule has 3 rings (SSSR count). The molecule has 0 bridgehead atoms. The van der Waals surface area contributed by atoms with Gasteiger partial charge in [-0.25, -0.2) is 8.78 Å². The number of fused-ring (bicyclic) bond motifs is 1. The summed E-state index contributed by atoms with van der Waals surface area (Å²) in [5.74, 6) is -1.01. The van der Waals surface area contributed by atoms with Gasteiger partial charge in [-0.3, -0.25) is 9.89 Å². The smallest absolute Gasteiger partial charge is 0.251 e. The van der Waals surface area contributed by atoms with Gasteiger partial charge in [0.1, 0.15) is 18.2 Å². The third-order valence-electron chi connectivity index (χ3n) is 3.34. The van der Waals surface area contributed by atoms with Gasteiger partial charge >= 0.3 is 0 Å². The van der Waals surface area contributed by atoms with E-state index in [0.29, 0.717) is 22.3 Å². The van der Waals surface area contributed by atoms with E-state index in [1.807, 2.05) is 0 Å². The summed E-state index contributed by atoms with van der Waals surface area (Å²) in [6, 6.07) is 8.25. The van der Waals surface area contributed by atoms with Crippen LogP contribution in [0.3, 0.4) is 0 Å². The second-order valence-electron chi connectivity index (χ2n) is 4.94. The Labute approximate surface area is 130 Å². The van der Waals surface area contributed by atoms with E-state index in [4.69, 9.17) is 4.74 Å². The summed E-state index contributed by atoms with van der Waals surface area (Å²) < 4.78 is 31.9. The standard InChI is InChI=1S/C16H13F2N3O2/c1-23-8-15(22)19-16-11-4-2-9(6-14(11)20-21-16)12-7-10(17)3-5-13(12)18/h2-7H,8H2,1H3,(H2,19,20,21,22). The molecule has 0 aliphatic carbocycles. The molecule has 0 fully saturated rings. The van der Waals surface area contributed by atoms with Crippen molar-refractivity contribution in [2.24, 2.45) is 0 Å². The van der Waals surface area contributed by atoms with Crippen molar-refractivity contribution in [1.82, 2.24) is 10.2 Å². The van der Waals surface area contributed by atoms with E-state index in [-0.39, 0.29) is 18.1 Å². The van der Waals surface area contributed by atoms with Gasteiger partial charge in [-0.15, -0.1) is 0 Å². The van der Waals surface area contributed by atoms with Crippen LogP contribution in [0.1, 0.15) is 0 Å². The summed E-state index contributed by atoms with van der Waals surface area (Å²) in [7, 11) is 1.42. The zero-order chi connectivity index (χ0) is 16.4. The number of carbonyl (C=O) groups is 1. The third kappa shape index (κ3) is 3.04. The number of H-pyrrole nitrogens is 1. The average Bonchev–Trinajstić information content (AvgIpc) is 2.92. The number of hydrogen-bond donors (Lipinski definition) is 2. The summed E-state index contributed by atoms with van der Waals surface area (Å²) >= 11 is 0. The van der Waals surface area contributed by atoms with Gasteiger partial charge in [0.2, 0.25) is 0 Å². The van der Waals surface area contributed by atoms with Crippen LogP contribution in [-0.4, -0.2) is 29.8 Å². The molecule has 7 heteroatoms. The highest BCUT2D eigenvalue weighted by Gasteiger charge is 2.12. The first kappa shape index (κ1) is 15.1. The minimum absolute atomic E-state index is 0.0824. The fourth-order valence-corrected chi connectivity index (χ4v) is 2.30. The number of aromatic amines is 1. The van der Waals surface area contributed by atoms with E-state index in [1.54, 1.807) is 18.2 Å². The molecule has 0 radical (unpaired) electrons. The highest BCUT2D eigenvalue weighted by atomic mass is 19.1. The van der Waals surface area contributed by atoms with Gasteiger partial charge in [-0.2, -0.15) is 5.10 Å². The number of anilines is 1. The minimum atomic E-state index is -0.515. The normalized spacial score (nSPS) is 10.9. The lowest BCUT2D eigenvalue weighted by molar-refractivity contribution is -0.119. The fourth-order valence-electron chi connectivity index (χ4n) is 2.30. The van der Waals surface area contributed by atoms with Gasteiger partial charge in [0.25, 0.3) is 5.91 Å². The first-order chi connectivity index (χ1) is 11.1. The molecule has 2 N–H and O–H groups in total.